The highest BCUT2D eigenvalue weighted by atomic mass is 32.2. The van der Waals surface area contributed by atoms with Gasteiger partial charge < -0.3 is 15.3 Å². The number of hydrogen-bond donors (Lipinski definition) is 2. The Hall–Kier alpha value is -1.24. The molecule has 0 radical (unpaired) electrons. The van der Waals surface area contributed by atoms with E-state index in [9.17, 15) is 14.4 Å². The first-order chi connectivity index (χ1) is 9.56. The maximum Gasteiger partial charge on any atom is 0.313 e. The average Bonchev–Trinajstić information content (AvgIpc) is 2.45. The molecule has 0 bridgehead atoms. The first kappa shape index (κ1) is 16.8. The molecule has 1 saturated heterocycles. The number of hydrogen-bond acceptors (Lipinski definition) is 4. The fourth-order valence-corrected chi connectivity index (χ4v) is 2.79. The number of likely N-dealkylation sites (tertiary alicyclic amines) is 1. The lowest BCUT2D eigenvalue weighted by molar-refractivity contribution is -0.142. The summed E-state index contributed by atoms with van der Waals surface area (Å²) < 4.78 is 0. The van der Waals surface area contributed by atoms with Crippen LogP contribution < -0.4 is 5.32 Å². The Labute approximate surface area is 123 Å². The molecule has 0 aromatic heterocycles. The molecule has 114 valence electrons. The van der Waals surface area contributed by atoms with E-state index in [1.54, 1.807) is 11.8 Å². The van der Waals surface area contributed by atoms with Crippen LogP contribution >= 0.6 is 11.8 Å². The highest BCUT2D eigenvalue weighted by Crippen LogP contribution is 2.18. The van der Waals surface area contributed by atoms with Gasteiger partial charge in [-0.2, -0.15) is 0 Å². The SMILES string of the molecule is CCC(=O)N1CCCCC1C(=O)NCCSCC(=O)O. The molecule has 6 nitrogen and oxygen atoms in total. The predicted octanol–water partition coefficient (Wildman–Crippen LogP) is 0.711. The van der Waals surface area contributed by atoms with E-state index >= 15 is 0 Å². The molecule has 2 N–H and O–H groups in total. The van der Waals surface area contributed by atoms with Gasteiger partial charge in [0.1, 0.15) is 6.04 Å². The van der Waals surface area contributed by atoms with Gasteiger partial charge in [0, 0.05) is 25.3 Å². The summed E-state index contributed by atoms with van der Waals surface area (Å²) in [6.45, 7) is 2.88. The molecule has 1 rings (SSSR count). The van der Waals surface area contributed by atoms with Crippen LogP contribution in [0.5, 0.6) is 0 Å². The van der Waals surface area contributed by atoms with Gasteiger partial charge in [0.15, 0.2) is 0 Å². The number of nitrogens with one attached hydrogen (secondary N) is 1. The number of amides is 2. The summed E-state index contributed by atoms with van der Waals surface area (Å²) in [5.74, 6) is -0.354. The third-order valence-electron chi connectivity index (χ3n) is 3.20. The van der Waals surface area contributed by atoms with Gasteiger partial charge >= 0.3 is 5.97 Å². The van der Waals surface area contributed by atoms with Crippen LogP contribution in [0.4, 0.5) is 0 Å². The van der Waals surface area contributed by atoms with Gasteiger partial charge in [-0.15, -0.1) is 11.8 Å². The van der Waals surface area contributed by atoms with E-state index in [0.717, 1.165) is 12.8 Å². The molecule has 0 aliphatic carbocycles. The summed E-state index contributed by atoms with van der Waals surface area (Å²) in [7, 11) is 0. The molecule has 20 heavy (non-hydrogen) atoms. The molecule has 0 spiro atoms. The van der Waals surface area contributed by atoms with E-state index in [1.807, 2.05) is 0 Å². The maximum absolute atomic E-state index is 12.1. The molecule has 1 heterocycles. The third-order valence-corrected chi connectivity index (χ3v) is 4.14. The van der Waals surface area contributed by atoms with Gasteiger partial charge in [-0.05, 0) is 19.3 Å². The fraction of sp³-hybridized carbons (Fsp3) is 0.769. The van der Waals surface area contributed by atoms with Crippen molar-refractivity contribution in [1.29, 1.82) is 0 Å². The van der Waals surface area contributed by atoms with Crippen molar-refractivity contribution < 1.29 is 19.5 Å². The smallest absolute Gasteiger partial charge is 0.313 e. The molecule has 0 aromatic rings. The minimum Gasteiger partial charge on any atom is -0.481 e. The molecule has 0 aromatic carbocycles. The quantitative estimate of drug-likeness (QED) is 0.676. The van der Waals surface area contributed by atoms with Gasteiger partial charge in [-0.25, -0.2) is 0 Å². The Bertz CT molecular complexity index is 362. The summed E-state index contributed by atoms with van der Waals surface area (Å²) >= 11 is 1.27. The van der Waals surface area contributed by atoms with Crippen molar-refractivity contribution in [1.82, 2.24) is 10.2 Å². The zero-order valence-corrected chi connectivity index (χ0v) is 12.6. The zero-order chi connectivity index (χ0) is 15.0. The second kappa shape index (κ2) is 8.84. The second-order valence-corrected chi connectivity index (χ2v) is 5.79. The summed E-state index contributed by atoms with van der Waals surface area (Å²) in [5, 5.41) is 11.3. The summed E-state index contributed by atoms with van der Waals surface area (Å²) in [5.41, 5.74) is 0. The van der Waals surface area contributed by atoms with Crippen molar-refractivity contribution in [3.63, 3.8) is 0 Å². The van der Waals surface area contributed by atoms with E-state index in [0.29, 0.717) is 31.7 Å². The number of rotatable bonds is 7. The van der Waals surface area contributed by atoms with Crippen LogP contribution in [-0.4, -0.2) is 58.4 Å². The van der Waals surface area contributed by atoms with Gasteiger partial charge in [-0.1, -0.05) is 6.92 Å². The largest absolute Gasteiger partial charge is 0.481 e. The van der Waals surface area contributed by atoms with Gasteiger partial charge in [0.05, 0.1) is 5.75 Å². The van der Waals surface area contributed by atoms with Crippen molar-refractivity contribution in [2.24, 2.45) is 0 Å². The minimum atomic E-state index is -0.853. The molecular formula is C13H22N2O4S. The Balaban J connectivity index is 2.36. The molecule has 7 heteroatoms. The standard InChI is InChI=1S/C13H22N2O4S/c1-2-11(16)15-7-4-3-5-10(15)13(19)14-6-8-20-9-12(17)18/h10H,2-9H2,1H3,(H,14,19)(H,17,18). The first-order valence-corrected chi connectivity index (χ1v) is 8.08. The van der Waals surface area contributed by atoms with Crippen LogP contribution in [0.15, 0.2) is 0 Å². The number of piperidine rings is 1. The number of thioether (sulfide) groups is 1. The fourth-order valence-electron chi connectivity index (χ4n) is 2.23. The lowest BCUT2D eigenvalue weighted by atomic mass is 10.0. The molecule has 1 fully saturated rings. The molecule has 0 saturated carbocycles. The lowest BCUT2D eigenvalue weighted by Crippen LogP contribution is -2.52. The van der Waals surface area contributed by atoms with Crippen molar-refractivity contribution in [3.8, 4) is 0 Å². The van der Waals surface area contributed by atoms with E-state index < -0.39 is 5.97 Å². The van der Waals surface area contributed by atoms with E-state index in [2.05, 4.69) is 5.32 Å². The first-order valence-electron chi connectivity index (χ1n) is 6.93. The summed E-state index contributed by atoms with van der Waals surface area (Å²) in [6, 6.07) is -0.360. The Morgan fingerprint density at radius 3 is 2.75 bits per heavy atom. The number of nitrogens with zero attached hydrogens (tertiary/aromatic N) is 1. The van der Waals surface area contributed by atoms with Crippen molar-refractivity contribution in [2.45, 2.75) is 38.6 Å². The molecule has 1 atom stereocenters. The van der Waals surface area contributed by atoms with Crippen molar-refractivity contribution in [2.75, 3.05) is 24.6 Å². The Kier molecular flexibility index (Phi) is 7.43. The molecule has 1 aliphatic heterocycles. The van der Waals surface area contributed by atoms with Gasteiger partial charge in [-0.3, -0.25) is 14.4 Å². The van der Waals surface area contributed by atoms with E-state index in [4.69, 9.17) is 5.11 Å². The lowest BCUT2D eigenvalue weighted by Gasteiger charge is -2.34. The highest BCUT2D eigenvalue weighted by molar-refractivity contribution is 7.99. The molecule has 1 aliphatic rings. The minimum absolute atomic E-state index is 0.0186. The number of carboxylic acids is 1. The van der Waals surface area contributed by atoms with Crippen LogP contribution in [0.2, 0.25) is 0 Å². The van der Waals surface area contributed by atoms with Crippen LogP contribution in [0.3, 0.4) is 0 Å². The number of carboxylic acid groups (broad SMARTS) is 1. The predicted molar refractivity (Wildman–Crippen MR) is 77.6 cm³/mol. The summed E-state index contributed by atoms with van der Waals surface area (Å²) in [6.07, 6.45) is 3.03. The molecular weight excluding hydrogens is 280 g/mol. The van der Waals surface area contributed by atoms with Gasteiger partial charge in [0.2, 0.25) is 11.8 Å². The number of carbonyl (C=O) groups excluding carboxylic acids is 2. The van der Waals surface area contributed by atoms with Crippen molar-refractivity contribution in [3.05, 3.63) is 0 Å². The normalized spacial score (nSPS) is 18.6. The Morgan fingerprint density at radius 1 is 1.35 bits per heavy atom. The Morgan fingerprint density at radius 2 is 2.10 bits per heavy atom. The number of carbonyl (C=O) groups is 3. The van der Waals surface area contributed by atoms with Crippen LogP contribution in [-0.2, 0) is 14.4 Å². The number of aliphatic carboxylic acids is 1. The zero-order valence-electron chi connectivity index (χ0n) is 11.8. The van der Waals surface area contributed by atoms with E-state index in [1.165, 1.54) is 11.8 Å². The van der Waals surface area contributed by atoms with Crippen LogP contribution in [0.25, 0.3) is 0 Å². The van der Waals surface area contributed by atoms with Crippen LogP contribution in [0, 0.1) is 0 Å². The summed E-state index contributed by atoms with van der Waals surface area (Å²) in [4.78, 5) is 35.9. The molecule has 1 unspecified atom stereocenters. The maximum atomic E-state index is 12.1. The van der Waals surface area contributed by atoms with Crippen LogP contribution in [0.1, 0.15) is 32.6 Å². The third kappa shape index (κ3) is 5.40. The van der Waals surface area contributed by atoms with Gasteiger partial charge in [0.25, 0.3) is 0 Å². The highest BCUT2D eigenvalue weighted by Gasteiger charge is 2.30. The van der Waals surface area contributed by atoms with Crippen molar-refractivity contribution >= 4 is 29.5 Å². The monoisotopic (exact) mass is 302 g/mol. The topological polar surface area (TPSA) is 86.7 Å². The molecule has 2 amide bonds. The average molecular weight is 302 g/mol. The second-order valence-electron chi connectivity index (χ2n) is 4.69. The van der Waals surface area contributed by atoms with E-state index in [-0.39, 0.29) is 23.6 Å².